The third-order valence-electron chi connectivity index (χ3n) is 6.35. The summed E-state index contributed by atoms with van der Waals surface area (Å²) in [5, 5.41) is 30.3. The lowest BCUT2D eigenvalue weighted by atomic mass is 9.81. The van der Waals surface area contributed by atoms with Crippen molar-refractivity contribution in [3.05, 3.63) is 0 Å². The average Bonchev–Trinajstić information content (AvgIpc) is 2.79. The predicted molar refractivity (Wildman–Crippen MR) is 115 cm³/mol. The second-order valence-corrected chi connectivity index (χ2v) is 8.72. The maximum Gasteiger partial charge on any atom is 0.184 e. The number of methoxy groups -OCH3 is 4. The summed E-state index contributed by atoms with van der Waals surface area (Å²) >= 11 is 0. The van der Waals surface area contributed by atoms with Crippen molar-refractivity contribution in [3.8, 4) is 0 Å². The first kappa shape index (κ1) is 28.8. The van der Waals surface area contributed by atoms with Gasteiger partial charge in [-0.15, -0.1) is 0 Å². The molecule has 2 aliphatic rings. The number of rotatable bonds is 13. The summed E-state index contributed by atoms with van der Waals surface area (Å²) in [5.41, 5.74) is 0. The first-order valence-corrected chi connectivity index (χ1v) is 11.4. The van der Waals surface area contributed by atoms with Crippen molar-refractivity contribution >= 4 is 0 Å². The van der Waals surface area contributed by atoms with Gasteiger partial charge in [0.25, 0.3) is 0 Å². The van der Waals surface area contributed by atoms with Crippen LogP contribution in [0.15, 0.2) is 0 Å². The highest BCUT2D eigenvalue weighted by Gasteiger charge is 2.52. The van der Waals surface area contributed by atoms with Gasteiger partial charge in [-0.2, -0.15) is 0 Å². The van der Waals surface area contributed by atoms with Crippen LogP contribution in [-0.2, 0) is 37.9 Å². The smallest absolute Gasteiger partial charge is 0.184 e. The number of ether oxygens (including phenoxy) is 8. The van der Waals surface area contributed by atoms with Gasteiger partial charge in [0.1, 0.15) is 18.3 Å². The monoisotopic (exact) mass is 482 g/mol. The van der Waals surface area contributed by atoms with Crippen LogP contribution in [-0.4, -0.2) is 126 Å². The Balaban J connectivity index is 2.34. The summed E-state index contributed by atoms with van der Waals surface area (Å²) in [6.07, 6.45) is -4.85. The molecule has 0 bridgehead atoms. The van der Waals surface area contributed by atoms with E-state index >= 15 is 0 Å². The molecule has 11 nitrogen and oxygen atoms in total. The van der Waals surface area contributed by atoms with E-state index in [0.29, 0.717) is 0 Å². The van der Waals surface area contributed by atoms with Crippen LogP contribution in [0, 0.1) is 17.8 Å². The normalized spacial score (nSPS) is 39.8. The number of aliphatic hydroxyl groups excluding tert-OH is 3. The highest BCUT2D eigenvalue weighted by atomic mass is 16.7. The zero-order valence-corrected chi connectivity index (χ0v) is 20.5. The fraction of sp³-hybridized carbons (Fsp3) is 1.00. The molecule has 2 rings (SSSR count). The van der Waals surface area contributed by atoms with Gasteiger partial charge in [-0.1, -0.05) is 0 Å². The van der Waals surface area contributed by atoms with Gasteiger partial charge in [0.05, 0.1) is 38.1 Å². The maximum atomic E-state index is 10.3. The molecule has 0 aliphatic carbocycles. The van der Waals surface area contributed by atoms with Gasteiger partial charge in [0, 0.05) is 59.4 Å². The second kappa shape index (κ2) is 14.2. The SMILES string of the molecule is COCC1OC(OC2C(COC)OC(OC(C)C)C(OC)C2CO)C(OC)C(CO)C1CO. The topological polar surface area (TPSA) is 135 Å². The van der Waals surface area contributed by atoms with Crippen molar-refractivity contribution in [3.63, 3.8) is 0 Å². The van der Waals surface area contributed by atoms with Gasteiger partial charge in [-0.3, -0.25) is 0 Å². The molecule has 196 valence electrons. The molecule has 10 unspecified atom stereocenters. The molecule has 2 saturated heterocycles. The molecule has 0 spiro atoms. The Hall–Kier alpha value is -0.440. The zero-order valence-electron chi connectivity index (χ0n) is 20.5. The molecule has 2 fully saturated rings. The number of aliphatic hydroxyl groups is 3. The van der Waals surface area contributed by atoms with Gasteiger partial charge in [-0.25, -0.2) is 0 Å². The van der Waals surface area contributed by atoms with Crippen LogP contribution in [0.2, 0.25) is 0 Å². The van der Waals surface area contributed by atoms with Crippen LogP contribution >= 0.6 is 0 Å². The fourth-order valence-electron chi connectivity index (χ4n) is 4.79. The molecule has 10 atom stereocenters. The van der Waals surface area contributed by atoms with Gasteiger partial charge >= 0.3 is 0 Å². The van der Waals surface area contributed by atoms with E-state index in [9.17, 15) is 15.3 Å². The van der Waals surface area contributed by atoms with E-state index < -0.39 is 60.9 Å². The molecule has 2 heterocycles. The lowest BCUT2D eigenvalue weighted by molar-refractivity contribution is -0.357. The summed E-state index contributed by atoms with van der Waals surface area (Å²) in [6.45, 7) is 3.48. The third kappa shape index (κ3) is 6.83. The standard InChI is InChI=1S/C22H42O11/c1-12(2)30-21-20(29-6)15(9-25)18(17(32-21)11-27-4)33-22-19(28-5)14(8-24)13(7-23)16(31-22)10-26-3/h12-25H,7-11H2,1-6H3. The van der Waals surface area contributed by atoms with Crippen LogP contribution in [0.25, 0.3) is 0 Å². The molecule has 11 heteroatoms. The first-order chi connectivity index (χ1) is 15.9. The summed E-state index contributed by atoms with van der Waals surface area (Å²) in [4.78, 5) is 0. The van der Waals surface area contributed by atoms with E-state index in [4.69, 9.17) is 37.9 Å². The minimum absolute atomic E-state index is 0.122. The third-order valence-corrected chi connectivity index (χ3v) is 6.35. The predicted octanol–water partition coefficient (Wildman–Crippen LogP) is -0.605. The molecular weight excluding hydrogens is 440 g/mol. The van der Waals surface area contributed by atoms with Crippen molar-refractivity contribution in [2.75, 3.05) is 61.5 Å². The van der Waals surface area contributed by atoms with Crippen molar-refractivity contribution in [1.82, 2.24) is 0 Å². The first-order valence-electron chi connectivity index (χ1n) is 11.4. The Morgan fingerprint density at radius 3 is 1.67 bits per heavy atom. The molecule has 0 aromatic heterocycles. The Kier molecular flexibility index (Phi) is 12.4. The molecule has 0 saturated carbocycles. The highest BCUT2D eigenvalue weighted by Crippen LogP contribution is 2.38. The summed E-state index contributed by atoms with van der Waals surface area (Å²) in [7, 11) is 6.11. The molecule has 2 aliphatic heterocycles. The van der Waals surface area contributed by atoms with E-state index in [1.165, 1.54) is 21.3 Å². The molecule has 0 aromatic carbocycles. The average molecular weight is 483 g/mol. The lowest BCUT2D eigenvalue weighted by Gasteiger charge is -2.50. The van der Waals surface area contributed by atoms with Crippen molar-refractivity contribution < 1.29 is 53.2 Å². The second-order valence-electron chi connectivity index (χ2n) is 8.72. The van der Waals surface area contributed by atoms with Crippen LogP contribution in [0.3, 0.4) is 0 Å². The van der Waals surface area contributed by atoms with Gasteiger partial charge in [0.2, 0.25) is 0 Å². The van der Waals surface area contributed by atoms with E-state index in [2.05, 4.69) is 0 Å². The fourth-order valence-corrected chi connectivity index (χ4v) is 4.79. The van der Waals surface area contributed by atoms with Crippen LogP contribution in [0.5, 0.6) is 0 Å². The Morgan fingerprint density at radius 2 is 1.18 bits per heavy atom. The van der Waals surface area contributed by atoms with Crippen LogP contribution in [0.4, 0.5) is 0 Å². The Labute approximate surface area is 196 Å². The molecular formula is C22H42O11. The van der Waals surface area contributed by atoms with E-state index in [1.54, 1.807) is 7.11 Å². The summed E-state index contributed by atoms with van der Waals surface area (Å²) in [6, 6.07) is 0. The van der Waals surface area contributed by atoms with E-state index in [1.807, 2.05) is 13.8 Å². The quantitative estimate of drug-likeness (QED) is 0.310. The van der Waals surface area contributed by atoms with Gasteiger partial charge in [-0.05, 0) is 13.8 Å². The summed E-state index contributed by atoms with van der Waals surface area (Å²) in [5.74, 6) is -1.37. The molecule has 33 heavy (non-hydrogen) atoms. The molecule has 0 amide bonds. The van der Waals surface area contributed by atoms with Crippen molar-refractivity contribution in [1.29, 1.82) is 0 Å². The van der Waals surface area contributed by atoms with Crippen LogP contribution < -0.4 is 0 Å². The minimum atomic E-state index is -0.919. The van der Waals surface area contributed by atoms with Crippen LogP contribution in [0.1, 0.15) is 13.8 Å². The van der Waals surface area contributed by atoms with Gasteiger partial charge < -0.3 is 53.2 Å². The largest absolute Gasteiger partial charge is 0.396 e. The van der Waals surface area contributed by atoms with Gasteiger partial charge in [0.15, 0.2) is 12.6 Å². The number of hydrogen-bond donors (Lipinski definition) is 3. The summed E-state index contributed by atoms with van der Waals surface area (Å²) < 4.78 is 46.5. The highest BCUT2D eigenvalue weighted by molar-refractivity contribution is 4.94. The minimum Gasteiger partial charge on any atom is -0.396 e. The van der Waals surface area contributed by atoms with E-state index in [0.717, 1.165) is 0 Å². The molecule has 3 N–H and O–H groups in total. The zero-order chi connectivity index (χ0) is 24.5. The number of hydrogen-bond acceptors (Lipinski definition) is 11. The molecule has 0 radical (unpaired) electrons. The van der Waals surface area contributed by atoms with E-state index in [-0.39, 0.29) is 39.1 Å². The lowest BCUT2D eigenvalue weighted by Crippen LogP contribution is -2.63. The molecule has 0 aromatic rings. The van der Waals surface area contributed by atoms with Crippen molar-refractivity contribution in [2.24, 2.45) is 17.8 Å². The maximum absolute atomic E-state index is 10.3. The Morgan fingerprint density at radius 1 is 0.667 bits per heavy atom. The van der Waals surface area contributed by atoms with Crippen molar-refractivity contribution in [2.45, 2.75) is 63.1 Å². The Bertz CT molecular complexity index is 536.